The van der Waals surface area contributed by atoms with Crippen LogP contribution in [0.3, 0.4) is 0 Å². The smallest absolute Gasteiger partial charge is 0.214 e. The van der Waals surface area contributed by atoms with Crippen LogP contribution in [0.4, 0.5) is 5.69 Å². The molecule has 0 aliphatic rings. The predicted molar refractivity (Wildman–Crippen MR) is 50.9 cm³/mol. The lowest BCUT2D eigenvalue weighted by Gasteiger charge is -2.03. The van der Waals surface area contributed by atoms with E-state index >= 15 is 0 Å². The SMILES string of the molecule is [C-]#[N+]c1c(C)nn2cccc2c1C. The number of aryl methyl sites for hydroxylation is 2. The van der Waals surface area contributed by atoms with E-state index in [1.54, 1.807) is 4.52 Å². The van der Waals surface area contributed by atoms with Crippen molar-refractivity contribution in [1.29, 1.82) is 0 Å². The molecule has 2 aromatic rings. The fourth-order valence-corrected chi connectivity index (χ4v) is 1.52. The molecule has 0 saturated heterocycles. The molecule has 13 heavy (non-hydrogen) atoms. The van der Waals surface area contributed by atoms with Gasteiger partial charge in [-0.05, 0) is 31.5 Å². The maximum absolute atomic E-state index is 7.03. The van der Waals surface area contributed by atoms with Crippen molar-refractivity contribution in [3.8, 4) is 0 Å². The summed E-state index contributed by atoms with van der Waals surface area (Å²) in [6, 6.07) is 3.90. The van der Waals surface area contributed by atoms with Crippen molar-refractivity contribution in [3.63, 3.8) is 0 Å². The number of hydrogen-bond donors (Lipinski definition) is 0. The van der Waals surface area contributed by atoms with Crippen LogP contribution in [-0.4, -0.2) is 9.61 Å². The fraction of sp³-hybridized carbons (Fsp3) is 0.200. The molecule has 2 heterocycles. The average molecular weight is 171 g/mol. The first-order valence-corrected chi connectivity index (χ1v) is 4.06. The second-order valence-corrected chi connectivity index (χ2v) is 3.01. The topological polar surface area (TPSA) is 21.7 Å². The molecule has 0 spiro atoms. The molecule has 0 aliphatic carbocycles. The highest BCUT2D eigenvalue weighted by molar-refractivity contribution is 5.68. The molecule has 0 bridgehead atoms. The predicted octanol–water partition coefficient (Wildman–Crippen LogP) is 2.50. The molecule has 0 atom stereocenters. The quantitative estimate of drug-likeness (QED) is 0.558. The van der Waals surface area contributed by atoms with Gasteiger partial charge in [0.2, 0.25) is 5.69 Å². The summed E-state index contributed by atoms with van der Waals surface area (Å²) in [5, 5.41) is 4.27. The summed E-state index contributed by atoms with van der Waals surface area (Å²) >= 11 is 0. The van der Waals surface area contributed by atoms with E-state index in [1.807, 2.05) is 32.2 Å². The van der Waals surface area contributed by atoms with E-state index in [0.29, 0.717) is 5.69 Å². The monoisotopic (exact) mass is 171 g/mol. The van der Waals surface area contributed by atoms with Gasteiger partial charge in [-0.15, -0.1) is 0 Å². The molecule has 2 aromatic heterocycles. The maximum Gasteiger partial charge on any atom is 0.214 e. The van der Waals surface area contributed by atoms with Gasteiger partial charge in [-0.2, -0.15) is 5.10 Å². The van der Waals surface area contributed by atoms with E-state index < -0.39 is 0 Å². The zero-order chi connectivity index (χ0) is 9.42. The third-order valence-corrected chi connectivity index (χ3v) is 2.18. The summed E-state index contributed by atoms with van der Waals surface area (Å²) < 4.78 is 1.80. The van der Waals surface area contributed by atoms with Gasteiger partial charge in [0, 0.05) is 6.20 Å². The molecule has 3 heteroatoms. The Morgan fingerprint density at radius 1 is 1.46 bits per heavy atom. The highest BCUT2D eigenvalue weighted by Gasteiger charge is 2.07. The molecular formula is C10H9N3. The minimum atomic E-state index is 0.672. The van der Waals surface area contributed by atoms with Crippen molar-refractivity contribution in [2.24, 2.45) is 0 Å². The van der Waals surface area contributed by atoms with Crippen molar-refractivity contribution in [2.45, 2.75) is 13.8 Å². The Bertz CT molecular complexity index is 503. The van der Waals surface area contributed by atoms with Gasteiger partial charge in [0.05, 0.1) is 17.8 Å². The van der Waals surface area contributed by atoms with Gasteiger partial charge in [0.25, 0.3) is 0 Å². The first kappa shape index (κ1) is 7.81. The number of fused-ring (bicyclic) bond motifs is 1. The van der Waals surface area contributed by atoms with Crippen LogP contribution in [0.1, 0.15) is 11.3 Å². The molecule has 0 unspecified atom stereocenters. The minimum Gasteiger partial charge on any atom is -0.243 e. The summed E-state index contributed by atoms with van der Waals surface area (Å²) in [5.41, 5.74) is 3.48. The molecule has 3 nitrogen and oxygen atoms in total. The van der Waals surface area contributed by atoms with Gasteiger partial charge >= 0.3 is 0 Å². The normalized spacial score (nSPS) is 10.2. The Morgan fingerprint density at radius 3 is 2.92 bits per heavy atom. The first-order chi connectivity index (χ1) is 6.24. The molecule has 0 aromatic carbocycles. The number of hydrogen-bond acceptors (Lipinski definition) is 1. The maximum atomic E-state index is 7.03. The van der Waals surface area contributed by atoms with Crippen molar-refractivity contribution in [2.75, 3.05) is 0 Å². The van der Waals surface area contributed by atoms with Gasteiger partial charge in [0.1, 0.15) is 0 Å². The molecule has 0 amide bonds. The van der Waals surface area contributed by atoms with Gasteiger partial charge in [0.15, 0.2) is 0 Å². The lowest BCUT2D eigenvalue weighted by atomic mass is 10.2. The second kappa shape index (κ2) is 2.60. The van der Waals surface area contributed by atoms with E-state index in [0.717, 1.165) is 16.8 Å². The molecule has 0 N–H and O–H groups in total. The largest absolute Gasteiger partial charge is 0.243 e. The molecule has 0 fully saturated rings. The van der Waals surface area contributed by atoms with Gasteiger partial charge < -0.3 is 0 Å². The highest BCUT2D eigenvalue weighted by atomic mass is 15.2. The zero-order valence-corrected chi connectivity index (χ0v) is 7.57. The zero-order valence-electron chi connectivity index (χ0n) is 7.57. The summed E-state index contributed by atoms with van der Waals surface area (Å²) in [7, 11) is 0. The summed E-state index contributed by atoms with van der Waals surface area (Å²) in [6.45, 7) is 10.8. The highest BCUT2D eigenvalue weighted by Crippen LogP contribution is 2.25. The standard InChI is InChI=1S/C10H9N3/c1-7-9-5-4-6-13(9)12-8(2)10(7)11-3/h4-6H,1-2H3. The second-order valence-electron chi connectivity index (χ2n) is 3.01. The van der Waals surface area contributed by atoms with Crippen molar-refractivity contribution >= 4 is 11.2 Å². The Balaban J connectivity index is 2.95. The molecule has 2 rings (SSSR count). The number of aromatic nitrogens is 2. The lowest BCUT2D eigenvalue weighted by Crippen LogP contribution is -1.95. The molecule has 0 saturated carbocycles. The van der Waals surface area contributed by atoms with Gasteiger partial charge in [-0.25, -0.2) is 9.36 Å². The minimum absolute atomic E-state index is 0.672. The van der Waals surface area contributed by atoms with Crippen LogP contribution >= 0.6 is 0 Å². The molecule has 0 aliphatic heterocycles. The summed E-state index contributed by atoms with van der Waals surface area (Å²) in [5.74, 6) is 0. The van der Waals surface area contributed by atoms with Crippen LogP contribution in [-0.2, 0) is 0 Å². The first-order valence-electron chi connectivity index (χ1n) is 4.06. The van der Waals surface area contributed by atoms with Crippen LogP contribution in [0.2, 0.25) is 0 Å². The molecule has 0 radical (unpaired) electrons. The Kier molecular flexibility index (Phi) is 1.56. The molecule has 64 valence electrons. The number of nitrogens with zero attached hydrogens (tertiary/aromatic N) is 3. The summed E-state index contributed by atoms with van der Waals surface area (Å²) in [6.07, 6.45) is 1.89. The lowest BCUT2D eigenvalue weighted by molar-refractivity contribution is 0.904. The van der Waals surface area contributed by atoms with Crippen LogP contribution in [0, 0.1) is 20.4 Å². The van der Waals surface area contributed by atoms with E-state index in [9.17, 15) is 0 Å². The van der Waals surface area contributed by atoms with Crippen molar-refractivity contribution < 1.29 is 0 Å². The van der Waals surface area contributed by atoms with Crippen LogP contribution in [0.5, 0.6) is 0 Å². The Hall–Kier alpha value is -1.82. The van der Waals surface area contributed by atoms with E-state index in [1.165, 1.54) is 0 Å². The Labute approximate surface area is 76.4 Å². The van der Waals surface area contributed by atoms with Crippen LogP contribution in [0.25, 0.3) is 10.4 Å². The van der Waals surface area contributed by atoms with Crippen LogP contribution < -0.4 is 0 Å². The molecular weight excluding hydrogens is 162 g/mol. The third kappa shape index (κ3) is 0.994. The van der Waals surface area contributed by atoms with E-state index in [4.69, 9.17) is 6.57 Å². The van der Waals surface area contributed by atoms with E-state index in [2.05, 4.69) is 9.94 Å². The average Bonchev–Trinajstić information content (AvgIpc) is 2.53. The summed E-state index contributed by atoms with van der Waals surface area (Å²) in [4.78, 5) is 3.47. The van der Waals surface area contributed by atoms with Crippen LogP contribution in [0.15, 0.2) is 18.3 Å². The number of rotatable bonds is 0. The van der Waals surface area contributed by atoms with Gasteiger partial charge in [-0.3, -0.25) is 0 Å². The van der Waals surface area contributed by atoms with Crippen molar-refractivity contribution in [1.82, 2.24) is 9.61 Å². The third-order valence-electron chi connectivity index (χ3n) is 2.18. The fourth-order valence-electron chi connectivity index (χ4n) is 1.52. The Morgan fingerprint density at radius 2 is 2.23 bits per heavy atom. The van der Waals surface area contributed by atoms with E-state index in [-0.39, 0.29) is 0 Å². The van der Waals surface area contributed by atoms with Crippen molar-refractivity contribution in [3.05, 3.63) is 41.0 Å². The van der Waals surface area contributed by atoms with Gasteiger partial charge in [-0.1, -0.05) is 0 Å².